The number of hydrogen-bond donors (Lipinski definition) is 2. The fourth-order valence-electron chi connectivity index (χ4n) is 5.40. The molecular formula is C33H38F2N6O3. The van der Waals surface area contributed by atoms with Gasteiger partial charge in [-0.1, -0.05) is 39.8 Å². The van der Waals surface area contributed by atoms with E-state index in [1.54, 1.807) is 10.9 Å². The van der Waals surface area contributed by atoms with E-state index in [9.17, 15) is 4.79 Å². The van der Waals surface area contributed by atoms with Crippen LogP contribution < -0.4 is 25.4 Å². The average molecular weight is 605 g/mol. The number of rotatable bonds is 9. The summed E-state index contributed by atoms with van der Waals surface area (Å²) in [5.41, 5.74) is 10.1. The first-order valence-electron chi connectivity index (χ1n) is 14.7. The Balaban J connectivity index is 1.72. The summed E-state index contributed by atoms with van der Waals surface area (Å²) >= 11 is 0. The molecule has 9 nitrogen and oxygen atoms in total. The van der Waals surface area contributed by atoms with E-state index < -0.39 is 17.7 Å². The number of halogens is 2. The van der Waals surface area contributed by atoms with Crippen molar-refractivity contribution >= 4 is 17.5 Å². The second kappa shape index (κ2) is 12.5. The molecule has 3 N–H and O–H groups in total. The molecule has 0 radical (unpaired) electrons. The van der Waals surface area contributed by atoms with E-state index in [4.69, 9.17) is 20.3 Å². The molecule has 5 rings (SSSR count). The van der Waals surface area contributed by atoms with Gasteiger partial charge < -0.3 is 25.4 Å². The Bertz CT molecular complexity index is 1700. The Morgan fingerprint density at radius 3 is 2.55 bits per heavy atom. The first-order valence-corrected chi connectivity index (χ1v) is 14.7. The van der Waals surface area contributed by atoms with Crippen LogP contribution >= 0.6 is 0 Å². The lowest BCUT2D eigenvalue weighted by Gasteiger charge is -2.28. The molecule has 1 aliphatic heterocycles. The molecule has 2 aromatic carbocycles. The lowest BCUT2D eigenvalue weighted by molar-refractivity contribution is 0.259. The number of hydrogen-bond acceptors (Lipinski definition) is 6. The molecule has 0 saturated carbocycles. The van der Waals surface area contributed by atoms with E-state index in [-0.39, 0.29) is 29.9 Å². The number of amides is 2. The number of aromatic nitrogens is 3. The Morgan fingerprint density at radius 2 is 1.89 bits per heavy atom. The molecule has 0 fully saturated rings. The minimum atomic E-state index is -0.901. The maximum absolute atomic E-state index is 15.5. The molecular weight excluding hydrogens is 566 g/mol. The van der Waals surface area contributed by atoms with Crippen LogP contribution in [-0.2, 0) is 13.0 Å². The molecule has 0 bridgehead atoms. The predicted octanol–water partition coefficient (Wildman–Crippen LogP) is 6.74. The van der Waals surface area contributed by atoms with Crippen molar-refractivity contribution in [2.45, 2.75) is 53.5 Å². The highest BCUT2D eigenvalue weighted by Crippen LogP contribution is 2.42. The third kappa shape index (κ3) is 6.04. The lowest BCUT2D eigenvalue weighted by atomic mass is 9.99. The zero-order valence-electron chi connectivity index (χ0n) is 25.9. The highest BCUT2D eigenvalue weighted by molar-refractivity contribution is 5.89. The zero-order valence-corrected chi connectivity index (χ0v) is 25.9. The maximum Gasteiger partial charge on any atom is 0.316 e. The van der Waals surface area contributed by atoms with Gasteiger partial charge >= 0.3 is 6.03 Å². The van der Waals surface area contributed by atoms with Crippen molar-refractivity contribution in [1.29, 1.82) is 0 Å². The number of fused-ring (bicyclic) bond motifs is 1. The molecule has 232 valence electrons. The highest BCUT2D eigenvalue weighted by Gasteiger charge is 2.31. The van der Waals surface area contributed by atoms with E-state index >= 15 is 8.78 Å². The summed E-state index contributed by atoms with van der Waals surface area (Å²) < 4.78 is 44.6. The maximum atomic E-state index is 15.5. The molecule has 0 atom stereocenters. The van der Waals surface area contributed by atoms with Gasteiger partial charge in [-0.05, 0) is 48.1 Å². The summed E-state index contributed by atoms with van der Waals surface area (Å²) in [7, 11) is 1.46. The summed E-state index contributed by atoms with van der Waals surface area (Å²) in [5, 5.41) is 7.34. The van der Waals surface area contributed by atoms with Gasteiger partial charge in [0.15, 0.2) is 11.6 Å². The van der Waals surface area contributed by atoms with E-state index in [0.717, 1.165) is 22.4 Å². The molecule has 0 aliphatic carbocycles. The highest BCUT2D eigenvalue weighted by atomic mass is 19.1. The lowest BCUT2D eigenvalue weighted by Crippen LogP contribution is -2.31. The molecule has 11 heteroatoms. The van der Waals surface area contributed by atoms with Crippen molar-refractivity contribution in [3.05, 3.63) is 76.6 Å². The normalized spacial score (nSPS) is 12.9. The van der Waals surface area contributed by atoms with Crippen LogP contribution in [-0.4, -0.2) is 41.1 Å². The van der Waals surface area contributed by atoms with E-state index in [0.29, 0.717) is 48.0 Å². The standard InChI is InChI=1S/C33H38F2N6O3/c1-18(2)17-44-28-9-7-8-20(5)30(28)41-31(22-13-24(34)27(38-33(36)42)14-29(22)43-6)23-16-40(11-10-26(23)39-41)32-25(35)12-21(15-37-32)19(3)4/h7-9,12-15,18-19H,10-11,16-17H2,1-6H3,(H3,36,38,42). The van der Waals surface area contributed by atoms with Crippen LogP contribution in [0.4, 0.5) is 25.1 Å². The van der Waals surface area contributed by atoms with Crippen LogP contribution in [0.25, 0.3) is 16.9 Å². The van der Waals surface area contributed by atoms with Gasteiger partial charge in [-0.3, -0.25) is 0 Å². The molecule has 2 aromatic heterocycles. The average Bonchev–Trinajstić information content (AvgIpc) is 3.34. The quantitative estimate of drug-likeness (QED) is 0.219. The molecule has 0 spiro atoms. The van der Waals surface area contributed by atoms with Gasteiger partial charge in [-0.25, -0.2) is 23.2 Å². The number of primary amides is 1. The second-order valence-electron chi connectivity index (χ2n) is 11.7. The first-order chi connectivity index (χ1) is 21.0. The Labute approximate surface area is 256 Å². The number of urea groups is 1. The molecule has 0 saturated heterocycles. The predicted molar refractivity (Wildman–Crippen MR) is 167 cm³/mol. The van der Waals surface area contributed by atoms with Gasteiger partial charge in [-0.15, -0.1) is 0 Å². The summed E-state index contributed by atoms with van der Waals surface area (Å²) in [6.07, 6.45) is 2.21. The van der Waals surface area contributed by atoms with Gasteiger partial charge in [0, 0.05) is 42.9 Å². The summed E-state index contributed by atoms with van der Waals surface area (Å²) in [5.74, 6) is 0.481. The van der Waals surface area contributed by atoms with Gasteiger partial charge in [0.05, 0.1) is 30.8 Å². The van der Waals surface area contributed by atoms with Gasteiger partial charge in [-0.2, -0.15) is 5.10 Å². The number of para-hydroxylation sites is 1. The van der Waals surface area contributed by atoms with Crippen molar-refractivity contribution in [2.75, 3.05) is 30.5 Å². The van der Waals surface area contributed by atoms with Crippen LogP contribution in [0.1, 0.15) is 56.0 Å². The number of ether oxygens (including phenoxy) is 2. The molecule has 1 aliphatic rings. The van der Waals surface area contributed by atoms with Crippen LogP contribution in [0.3, 0.4) is 0 Å². The Morgan fingerprint density at radius 1 is 1.11 bits per heavy atom. The fourth-order valence-corrected chi connectivity index (χ4v) is 5.40. The Hall–Kier alpha value is -4.67. The van der Waals surface area contributed by atoms with Gasteiger partial charge in [0.2, 0.25) is 0 Å². The van der Waals surface area contributed by atoms with Crippen molar-refractivity contribution in [2.24, 2.45) is 11.7 Å². The van der Waals surface area contributed by atoms with Crippen molar-refractivity contribution in [3.8, 4) is 28.4 Å². The zero-order chi connectivity index (χ0) is 31.7. The number of aryl methyl sites for hydroxylation is 1. The van der Waals surface area contributed by atoms with Crippen LogP contribution in [0, 0.1) is 24.5 Å². The van der Waals surface area contributed by atoms with Crippen LogP contribution in [0.2, 0.25) is 0 Å². The van der Waals surface area contributed by atoms with Gasteiger partial charge in [0.1, 0.15) is 23.0 Å². The van der Waals surface area contributed by atoms with E-state index in [1.165, 1.54) is 25.3 Å². The number of nitrogens with two attached hydrogens (primary N) is 1. The number of nitrogens with one attached hydrogen (secondary N) is 1. The fraction of sp³-hybridized carbons (Fsp3) is 0.364. The number of anilines is 2. The largest absolute Gasteiger partial charge is 0.496 e. The molecule has 0 unspecified atom stereocenters. The topological polar surface area (TPSA) is 108 Å². The van der Waals surface area contributed by atoms with Gasteiger partial charge in [0.25, 0.3) is 0 Å². The minimum absolute atomic E-state index is 0.118. The SMILES string of the molecule is COc1cc(NC(N)=O)c(F)cc1-c1c2c(nn1-c1c(C)cccc1OCC(C)C)CCN(c1ncc(C(C)C)cc1F)C2. The third-order valence-electron chi connectivity index (χ3n) is 7.63. The number of pyridine rings is 1. The number of nitrogens with zero attached hydrogens (tertiary/aromatic N) is 4. The van der Waals surface area contributed by atoms with Crippen LogP contribution in [0.5, 0.6) is 11.5 Å². The number of carbonyl (C=O) groups is 1. The Kier molecular flexibility index (Phi) is 8.75. The summed E-state index contributed by atoms with van der Waals surface area (Å²) in [6.45, 7) is 11.3. The van der Waals surface area contributed by atoms with Crippen LogP contribution in [0.15, 0.2) is 42.6 Å². The second-order valence-corrected chi connectivity index (χ2v) is 11.7. The molecule has 44 heavy (non-hydrogen) atoms. The van der Waals surface area contributed by atoms with Crippen molar-refractivity contribution < 1.29 is 23.0 Å². The van der Waals surface area contributed by atoms with E-state index in [2.05, 4.69) is 24.1 Å². The molecule has 3 heterocycles. The minimum Gasteiger partial charge on any atom is -0.496 e. The van der Waals surface area contributed by atoms with E-state index in [1.807, 2.05) is 43.9 Å². The number of carbonyl (C=O) groups excluding carboxylic acids is 1. The first kappa shape index (κ1) is 30.8. The molecule has 4 aromatic rings. The number of methoxy groups -OCH3 is 1. The summed E-state index contributed by atoms with van der Waals surface area (Å²) in [4.78, 5) is 17.9. The third-order valence-corrected chi connectivity index (χ3v) is 7.63. The smallest absolute Gasteiger partial charge is 0.316 e. The summed E-state index contributed by atoms with van der Waals surface area (Å²) in [6, 6.07) is 9.07. The monoisotopic (exact) mass is 604 g/mol. The number of benzene rings is 2. The molecule has 2 amide bonds. The van der Waals surface area contributed by atoms with Crippen molar-refractivity contribution in [1.82, 2.24) is 14.8 Å². The van der Waals surface area contributed by atoms with Crippen molar-refractivity contribution in [3.63, 3.8) is 0 Å².